The number of aromatic nitrogens is 2. The zero-order valence-corrected chi connectivity index (χ0v) is 16.6. The Morgan fingerprint density at radius 2 is 2.20 bits per heavy atom. The number of anilines is 2. The molecule has 0 radical (unpaired) electrons. The van der Waals surface area contributed by atoms with E-state index in [4.69, 9.17) is 4.74 Å². The number of hydrogen-bond acceptors (Lipinski definition) is 7. The van der Waals surface area contributed by atoms with Gasteiger partial charge in [0.25, 0.3) is 5.91 Å². The Kier molecular flexibility index (Phi) is 4.72. The molecule has 154 valence electrons. The number of morpholine rings is 1. The van der Waals surface area contributed by atoms with Crippen LogP contribution in [0.25, 0.3) is 10.9 Å². The molecule has 8 heteroatoms. The fraction of sp³-hybridized carbons (Fsp3) is 0.318. The Morgan fingerprint density at radius 1 is 1.30 bits per heavy atom. The first-order valence-electron chi connectivity index (χ1n) is 10.1. The van der Waals surface area contributed by atoms with Crippen LogP contribution in [0, 0.1) is 6.92 Å². The second-order valence-corrected chi connectivity index (χ2v) is 7.69. The van der Waals surface area contributed by atoms with E-state index in [2.05, 4.69) is 25.5 Å². The van der Waals surface area contributed by atoms with Gasteiger partial charge >= 0.3 is 0 Å². The lowest BCUT2D eigenvalue weighted by Crippen LogP contribution is -2.51. The molecule has 2 aromatic heterocycles. The molecule has 2 saturated heterocycles. The number of nitrogens with zero attached hydrogens (tertiary/aromatic N) is 3. The van der Waals surface area contributed by atoms with Crippen LogP contribution in [0.4, 0.5) is 11.5 Å². The highest BCUT2D eigenvalue weighted by Gasteiger charge is 2.38. The first kappa shape index (κ1) is 18.8. The van der Waals surface area contributed by atoms with E-state index in [1.807, 2.05) is 13.0 Å². The van der Waals surface area contributed by atoms with Crippen LogP contribution >= 0.6 is 0 Å². The fourth-order valence-electron chi connectivity index (χ4n) is 4.31. The summed E-state index contributed by atoms with van der Waals surface area (Å²) in [6, 6.07) is 10.8. The number of hydrogen-bond donors (Lipinski definition) is 3. The second kappa shape index (κ2) is 7.55. The maximum atomic E-state index is 13.2. The first-order chi connectivity index (χ1) is 14.6. The van der Waals surface area contributed by atoms with Crippen LogP contribution in [0.15, 0.2) is 42.6 Å². The van der Waals surface area contributed by atoms with Crippen molar-refractivity contribution in [2.45, 2.75) is 19.1 Å². The lowest BCUT2D eigenvalue weighted by molar-refractivity contribution is 0.0346. The van der Waals surface area contributed by atoms with Gasteiger partial charge in [-0.1, -0.05) is 0 Å². The maximum absolute atomic E-state index is 13.2. The van der Waals surface area contributed by atoms with E-state index in [1.165, 1.54) is 0 Å². The zero-order chi connectivity index (χ0) is 20.7. The third-order valence-corrected chi connectivity index (χ3v) is 5.76. The summed E-state index contributed by atoms with van der Waals surface area (Å²) in [7, 11) is 0. The van der Waals surface area contributed by atoms with E-state index >= 15 is 0 Å². The van der Waals surface area contributed by atoms with Gasteiger partial charge in [-0.15, -0.1) is 0 Å². The molecule has 30 heavy (non-hydrogen) atoms. The van der Waals surface area contributed by atoms with Gasteiger partial charge in [0.05, 0.1) is 29.8 Å². The predicted molar refractivity (Wildman–Crippen MR) is 114 cm³/mol. The van der Waals surface area contributed by atoms with Gasteiger partial charge in [0.1, 0.15) is 5.82 Å². The highest BCUT2D eigenvalue weighted by atomic mass is 16.5. The van der Waals surface area contributed by atoms with Crippen LogP contribution in [0.3, 0.4) is 0 Å². The standard InChI is InChI=1S/C22H23N5O3/c1-13-9-20(28)26-17-5-4-14(10-16(13)17)25-22(29)15-3-2-6-24-21(15)27-7-8-30-19-12-23-11-18(19)27/h2-6,9-10,18-19,23H,7-8,11-12H2,1H3,(H,25,29)(H,26,28). The molecule has 2 unspecified atom stereocenters. The molecular formula is C22H23N5O3. The molecule has 1 aromatic carbocycles. The fourth-order valence-corrected chi connectivity index (χ4v) is 4.31. The predicted octanol–water partition coefficient (Wildman–Crippen LogP) is 2.07. The molecule has 2 aliphatic heterocycles. The molecule has 2 atom stereocenters. The number of carbonyl (C=O) groups excluding carboxylic acids is 1. The molecule has 2 fully saturated rings. The zero-order valence-electron chi connectivity index (χ0n) is 16.6. The van der Waals surface area contributed by atoms with Crippen molar-refractivity contribution in [1.29, 1.82) is 0 Å². The number of ether oxygens (including phenoxy) is 1. The summed E-state index contributed by atoms with van der Waals surface area (Å²) in [4.78, 5) is 24.0. The quantitative estimate of drug-likeness (QED) is 0.613. The van der Waals surface area contributed by atoms with Gasteiger partial charge in [0, 0.05) is 43.0 Å². The Hall–Kier alpha value is -3.23. The first-order valence-corrected chi connectivity index (χ1v) is 10.1. The summed E-state index contributed by atoms with van der Waals surface area (Å²) in [5.74, 6) is 0.457. The second-order valence-electron chi connectivity index (χ2n) is 7.69. The Bertz CT molecular complexity index is 1120. The minimum absolute atomic E-state index is 0.0120. The van der Waals surface area contributed by atoms with Crippen LogP contribution in [0.1, 0.15) is 15.9 Å². The summed E-state index contributed by atoms with van der Waals surface area (Å²) in [5.41, 5.74) is 2.77. The molecule has 3 N–H and O–H groups in total. The van der Waals surface area contributed by atoms with Gasteiger partial charge in [0.2, 0.25) is 5.88 Å². The maximum Gasteiger partial charge on any atom is 0.259 e. The third-order valence-electron chi connectivity index (χ3n) is 5.76. The molecule has 4 heterocycles. The smallest absolute Gasteiger partial charge is 0.259 e. The SMILES string of the molecule is Cc1cc(O)nc2ccc(NC(=O)c3cccnc3N3CCOC4CNCC43)cc12. The molecule has 0 spiro atoms. The van der Waals surface area contributed by atoms with Gasteiger partial charge in [0.15, 0.2) is 0 Å². The highest BCUT2D eigenvalue weighted by Crippen LogP contribution is 2.28. The average molecular weight is 405 g/mol. The van der Waals surface area contributed by atoms with Crippen LogP contribution in [0.5, 0.6) is 5.88 Å². The van der Waals surface area contributed by atoms with Crippen molar-refractivity contribution in [1.82, 2.24) is 15.3 Å². The van der Waals surface area contributed by atoms with Crippen molar-refractivity contribution in [3.63, 3.8) is 0 Å². The summed E-state index contributed by atoms with van der Waals surface area (Å²) in [5, 5.41) is 16.9. The van der Waals surface area contributed by atoms with E-state index in [0.717, 1.165) is 24.0 Å². The average Bonchev–Trinajstić information content (AvgIpc) is 3.23. The van der Waals surface area contributed by atoms with Crippen molar-refractivity contribution in [2.75, 3.05) is 36.5 Å². The van der Waals surface area contributed by atoms with Crippen molar-refractivity contribution in [2.24, 2.45) is 0 Å². The Morgan fingerprint density at radius 3 is 3.10 bits per heavy atom. The normalized spacial score (nSPS) is 20.9. The molecule has 0 saturated carbocycles. The van der Waals surface area contributed by atoms with E-state index < -0.39 is 0 Å². The van der Waals surface area contributed by atoms with Crippen molar-refractivity contribution < 1.29 is 14.6 Å². The number of pyridine rings is 2. The number of fused-ring (bicyclic) bond motifs is 2. The molecule has 2 aliphatic rings. The number of amides is 1. The molecular weight excluding hydrogens is 382 g/mol. The van der Waals surface area contributed by atoms with E-state index in [1.54, 1.807) is 36.5 Å². The molecule has 1 amide bonds. The third kappa shape index (κ3) is 3.34. The van der Waals surface area contributed by atoms with Gasteiger partial charge in [-0.05, 0) is 42.8 Å². The summed E-state index contributed by atoms with van der Waals surface area (Å²) >= 11 is 0. The minimum atomic E-state index is -0.212. The number of benzene rings is 1. The van der Waals surface area contributed by atoms with Crippen LogP contribution in [-0.2, 0) is 4.74 Å². The summed E-state index contributed by atoms with van der Waals surface area (Å²) in [6.45, 7) is 4.84. The summed E-state index contributed by atoms with van der Waals surface area (Å²) < 4.78 is 5.85. The molecule has 3 aromatic rings. The number of carbonyl (C=O) groups is 1. The number of aromatic hydroxyl groups is 1. The summed E-state index contributed by atoms with van der Waals surface area (Å²) in [6.07, 6.45) is 1.83. The van der Waals surface area contributed by atoms with E-state index in [-0.39, 0.29) is 23.9 Å². The van der Waals surface area contributed by atoms with Crippen LogP contribution in [0.2, 0.25) is 0 Å². The number of nitrogens with one attached hydrogen (secondary N) is 2. The number of aryl methyl sites for hydroxylation is 1. The molecule has 8 nitrogen and oxygen atoms in total. The molecule has 0 aliphatic carbocycles. The highest BCUT2D eigenvalue weighted by molar-refractivity contribution is 6.08. The number of rotatable bonds is 3. The molecule has 5 rings (SSSR count). The van der Waals surface area contributed by atoms with Crippen molar-refractivity contribution >= 4 is 28.3 Å². The lowest BCUT2D eigenvalue weighted by atomic mass is 10.1. The molecule has 0 bridgehead atoms. The van der Waals surface area contributed by atoms with E-state index in [9.17, 15) is 9.90 Å². The van der Waals surface area contributed by atoms with Crippen molar-refractivity contribution in [3.8, 4) is 5.88 Å². The topological polar surface area (TPSA) is 99.6 Å². The van der Waals surface area contributed by atoms with Crippen LogP contribution in [-0.4, -0.2) is 59.4 Å². The monoisotopic (exact) mass is 405 g/mol. The van der Waals surface area contributed by atoms with Crippen molar-refractivity contribution in [3.05, 3.63) is 53.7 Å². The van der Waals surface area contributed by atoms with E-state index in [0.29, 0.717) is 35.7 Å². The largest absolute Gasteiger partial charge is 0.493 e. The van der Waals surface area contributed by atoms with Gasteiger partial charge in [-0.3, -0.25) is 4.79 Å². The Labute approximate surface area is 173 Å². The van der Waals surface area contributed by atoms with Gasteiger partial charge in [-0.25, -0.2) is 9.97 Å². The Balaban J connectivity index is 1.44. The minimum Gasteiger partial charge on any atom is -0.493 e. The van der Waals surface area contributed by atoms with Gasteiger partial charge < -0.3 is 25.4 Å². The van der Waals surface area contributed by atoms with Gasteiger partial charge in [-0.2, -0.15) is 0 Å². The lowest BCUT2D eigenvalue weighted by Gasteiger charge is -2.38. The van der Waals surface area contributed by atoms with Crippen LogP contribution < -0.4 is 15.5 Å².